The van der Waals surface area contributed by atoms with Crippen molar-refractivity contribution in [2.24, 2.45) is 11.7 Å². The van der Waals surface area contributed by atoms with Crippen LogP contribution in [0.2, 0.25) is 0 Å². The van der Waals surface area contributed by atoms with Crippen molar-refractivity contribution in [3.8, 4) is 0 Å². The summed E-state index contributed by atoms with van der Waals surface area (Å²) in [7, 11) is 0. The van der Waals surface area contributed by atoms with Crippen molar-refractivity contribution < 1.29 is 18.0 Å². The van der Waals surface area contributed by atoms with Gasteiger partial charge in [0, 0.05) is 31.1 Å². The van der Waals surface area contributed by atoms with Crippen LogP contribution in [0.4, 0.5) is 13.2 Å². The van der Waals surface area contributed by atoms with Gasteiger partial charge in [0.1, 0.15) is 0 Å². The van der Waals surface area contributed by atoms with Crippen molar-refractivity contribution in [2.45, 2.75) is 19.5 Å². The molecule has 16 heavy (non-hydrogen) atoms. The third-order valence-electron chi connectivity index (χ3n) is 2.66. The molecular formula is C10H15F3N2O. The zero-order chi connectivity index (χ0) is 12.3. The Bertz CT molecular complexity index is 299. The minimum absolute atomic E-state index is 0.0258. The Kier molecular flexibility index (Phi) is 3.96. The van der Waals surface area contributed by atoms with Gasteiger partial charge in [0.2, 0.25) is 5.91 Å². The van der Waals surface area contributed by atoms with E-state index >= 15 is 0 Å². The number of alkyl halides is 3. The molecule has 1 amide bonds. The lowest BCUT2D eigenvalue weighted by molar-refractivity contribution is -0.135. The highest BCUT2D eigenvalue weighted by molar-refractivity contribution is 5.79. The van der Waals surface area contributed by atoms with Crippen LogP contribution >= 0.6 is 0 Å². The molecular weight excluding hydrogens is 221 g/mol. The number of rotatable bonds is 2. The van der Waals surface area contributed by atoms with Crippen molar-refractivity contribution >= 4 is 5.91 Å². The number of nitrogens with zero attached hydrogens (tertiary/aromatic N) is 1. The molecule has 0 aromatic rings. The first-order valence-electron chi connectivity index (χ1n) is 5.11. The third kappa shape index (κ3) is 2.98. The molecule has 1 atom stereocenters. The molecule has 92 valence electrons. The van der Waals surface area contributed by atoms with Crippen LogP contribution < -0.4 is 5.73 Å². The van der Waals surface area contributed by atoms with E-state index in [9.17, 15) is 18.0 Å². The second-order valence-electron chi connectivity index (χ2n) is 3.90. The Hall–Kier alpha value is -1.04. The summed E-state index contributed by atoms with van der Waals surface area (Å²) >= 11 is 0. The molecule has 2 N–H and O–H groups in total. The molecule has 0 saturated carbocycles. The highest BCUT2D eigenvalue weighted by Crippen LogP contribution is 2.30. The first-order valence-corrected chi connectivity index (χ1v) is 5.11. The lowest BCUT2D eigenvalue weighted by atomic mass is 10.1. The summed E-state index contributed by atoms with van der Waals surface area (Å²) in [5.74, 6) is -0.513. The maximum absolute atomic E-state index is 12.3. The Morgan fingerprint density at radius 1 is 1.62 bits per heavy atom. The number of hydrogen-bond donors (Lipinski definition) is 1. The topological polar surface area (TPSA) is 46.3 Å². The number of carbonyl (C=O) groups excluding carboxylic acids is 1. The summed E-state index contributed by atoms with van der Waals surface area (Å²) < 4.78 is 36.9. The molecule has 1 aliphatic heterocycles. The van der Waals surface area contributed by atoms with Gasteiger partial charge in [-0.3, -0.25) is 4.79 Å². The normalized spacial score (nSPS) is 19.3. The predicted molar refractivity (Wildman–Crippen MR) is 53.6 cm³/mol. The summed E-state index contributed by atoms with van der Waals surface area (Å²) in [6.45, 7) is 2.03. The van der Waals surface area contributed by atoms with E-state index in [0.717, 1.165) is 6.08 Å². The molecule has 0 saturated heterocycles. The maximum Gasteiger partial charge on any atom is 0.412 e. The maximum atomic E-state index is 12.3. The van der Waals surface area contributed by atoms with Gasteiger partial charge < -0.3 is 10.6 Å². The van der Waals surface area contributed by atoms with Gasteiger partial charge in [-0.05, 0) is 6.42 Å². The van der Waals surface area contributed by atoms with E-state index in [4.69, 9.17) is 5.73 Å². The summed E-state index contributed by atoms with van der Waals surface area (Å²) in [5.41, 5.74) is 4.79. The molecule has 0 fully saturated rings. The lowest BCUT2D eigenvalue weighted by Crippen LogP contribution is -2.41. The summed E-state index contributed by atoms with van der Waals surface area (Å²) in [6.07, 6.45) is -3.33. The highest BCUT2D eigenvalue weighted by atomic mass is 19.4. The molecule has 1 heterocycles. The first kappa shape index (κ1) is 13.0. The van der Waals surface area contributed by atoms with Crippen molar-refractivity contribution in [1.29, 1.82) is 0 Å². The largest absolute Gasteiger partial charge is 0.412 e. The predicted octanol–water partition coefficient (Wildman–Crippen LogP) is 1.30. The fraction of sp³-hybridized carbons (Fsp3) is 0.700. The molecule has 0 radical (unpaired) electrons. The first-order chi connectivity index (χ1) is 7.36. The quantitative estimate of drug-likeness (QED) is 0.735. The van der Waals surface area contributed by atoms with E-state index in [-0.39, 0.29) is 37.9 Å². The number of nitrogens with two attached hydrogens (primary N) is 1. The number of halogens is 3. The van der Waals surface area contributed by atoms with E-state index in [1.54, 1.807) is 6.92 Å². The summed E-state index contributed by atoms with van der Waals surface area (Å²) in [6, 6.07) is 0. The highest BCUT2D eigenvalue weighted by Gasteiger charge is 2.35. The van der Waals surface area contributed by atoms with Gasteiger partial charge in [-0.15, -0.1) is 0 Å². The van der Waals surface area contributed by atoms with E-state index in [1.165, 1.54) is 4.90 Å². The van der Waals surface area contributed by atoms with Crippen LogP contribution in [0.15, 0.2) is 11.6 Å². The Morgan fingerprint density at radius 2 is 2.25 bits per heavy atom. The molecule has 0 aliphatic carbocycles. The minimum Gasteiger partial charge on any atom is -0.338 e. The van der Waals surface area contributed by atoms with Crippen molar-refractivity contribution in [1.82, 2.24) is 4.90 Å². The van der Waals surface area contributed by atoms with Gasteiger partial charge in [-0.25, -0.2) is 0 Å². The fourth-order valence-corrected chi connectivity index (χ4v) is 1.54. The van der Waals surface area contributed by atoms with Gasteiger partial charge >= 0.3 is 6.18 Å². The average Bonchev–Trinajstić information content (AvgIpc) is 2.26. The molecule has 1 rings (SSSR count). The molecule has 3 nitrogen and oxygen atoms in total. The van der Waals surface area contributed by atoms with Gasteiger partial charge in [0.15, 0.2) is 0 Å². The van der Waals surface area contributed by atoms with E-state index in [1.807, 2.05) is 0 Å². The van der Waals surface area contributed by atoms with Crippen molar-refractivity contribution in [2.75, 3.05) is 19.6 Å². The summed E-state index contributed by atoms with van der Waals surface area (Å²) in [5, 5.41) is 0. The van der Waals surface area contributed by atoms with Gasteiger partial charge in [-0.2, -0.15) is 13.2 Å². The van der Waals surface area contributed by atoms with Gasteiger partial charge in [-0.1, -0.05) is 13.0 Å². The second-order valence-corrected chi connectivity index (χ2v) is 3.90. The minimum atomic E-state index is -4.27. The van der Waals surface area contributed by atoms with Crippen molar-refractivity contribution in [3.05, 3.63) is 11.6 Å². The monoisotopic (exact) mass is 236 g/mol. The smallest absolute Gasteiger partial charge is 0.338 e. The molecule has 1 unspecified atom stereocenters. The number of carbonyl (C=O) groups is 1. The van der Waals surface area contributed by atoms with Crippen LogP contribution in [0.3, 0.4) is 0 Å². The van der Waals surface area contributed by atoms with Crippen LogP contribution in [0.1, 0.15) is 13.3 Å². The van der Waals surface area contributed by atoms with Crippen molar-refractivity contribution in [3.63, 3.8) is 0 Å². The van der Waals surface area contributed by atoms with Crippen LogP contribution in [-0.2, 0) is 4.79 Å². The van der Waals surface area contributed by atoms with Crippen LogP contribution in [-0.4, -0.2) is 36.6 Å². The Morgan fingerprint density at radius 3 is 2.62 bits per heavy atom. The molecule has 0 aromatic heterocycles. The third-order valence-corrected chi connectivity index (χ3v) is 2.66. The number of hydrogen-bond acceptors (Lipinski definition) is 2. The second kappa shape index (κ2) is 4.86. The summed E-state index contributed by atoms with van der Waals surface area (Å²) in [4.78, 5) is 13.0. The molecule has 1 aliphatic rings. The van der Waals surface area contributed by atoms with Crippen LogP contribution in [0, 0.1) is 5.92 Å². The van der Waals surface area contributed by atoms with E-state index < -0.39 is 11.7 Å². The molecule has 0 aromatic carbocycles. The Balaban J connectivity index is 2.61. The SMILES string of the molecule is CC(CN)C(=O)N1CC=C(C(F)(F)F)CC1. The lowest BCUT2D eigenvalue weighted by Gasteiger charge is -2.29. The standard InChI is InChI=1S/C10H15F3N2O/c1-7(6-14)9(16)15-4-2-8(3-5-15)10(11,12)13/h2,7H,3-6,14H2,1H3. The van der Waals surface area contributed by atoms with E-state index in [0.29, 0.717) is 0 Å². The Labute approximate surface area is 92.1 Å². The molecule has 0 bridgehead atoms. The van der Waals surface area contributed by atoms with Crippen LogP contribution in [0.25, 0.3) is 0 Å². The van der Waals surface area contributed by atoms with Crippen LogP contribution in [0.5, 0.6) is 0 Å². The average molecular weight is 236 g/mol. The number of amides is 1. The van der Waals surface area contributed by atoms with Gasteiger partial charge in [0.05, 0.1) is 0 Å². The molecule has 0 spiro atoms. The molecule has 6 heteroatoms. The fourth-order valence-electron chi connectivity index (χ4n) is 1.54. The van der Waals surface area contributed by atoms with Gasteiger partial charge in [0.25, 0.3) is 0 Å². The zero-order valence-corrected chi connectivity index (χ0v) is 9.05. The zero-order valence-electron chi connectivity index (χ0n) is 9.05. The van der Waals surface area contributed by atoms with E-state index in [2.05, 4.69) is 0 Å².